The molecule has 1 atom stereocenters. The van der Waals surface area contributed by atoms with Gasteiger partial charge in [-0.2, -0.15) is 0 Å². The first-order chi connectivity index (χ1) is 17.1. The summed E-state index contributed by atoms with van der Waals surface area (Å²) in [6.07, 6.45) is 5.54. The Labute approximate surface area is 208 Å². The van der Waals surface area contributed by atoms with Gasteiger partial charge in [-0.3, -0.25) is 14.6 Å². The molecular weight excluding hydrogens is 475 g/mol. The molecule has 3 aliphatic rings. The van der Waals surface area contributed by atoms with Crippen molar-refractivity contribution >= 4 is 16.8 Å². The molecule has 0 radical (unpaired) electrons. The maximum Gasteiger partial charge on any atom is 0.326 e. The molecule has 1 amide bonds. The maximum atomic E-state index is 13.7. The Morgan fingerprint density at radius 1 is 1.11 bits per heavy atom. The number of benzene rings is 2. The molecule has 36 heavy (non-hydrogen) atoms. The molecule has 2 saturated heterocycles. The molecule has 3 fully saturated rings. The van der Waals surface area contributed by atoms with Crippen molar-refractivity contribution in [2.45, 2.75) is 57.1 Å². The van der Waals surface area contributed by atoms with Crippen LogP contribution in [0.1, 0.15) is 59.9 Å². The number of aromatic amines is 2. The number of aromatic nitrogens is 2. The number of fused-ring (bicyclic) bond motifs is 4. The number of rotatable bonds is 5. The summed E-state index contributed by atoms with van der Waals surface area (Å²) in [5.41, 5.74) is -0.680. The number of carbonyl (C=O) groups is 1. The summed E-state index contributed by atoms with van der Waals surface area (Å²) >= 11 is 0. The van der Waals surface area contributed by atoms with Gasteiger partial charge in [0.25, 0.3) is 5.56 Å². The normalized spacial score (nSPS) is 21.5. The van der Waals surface area contributed by atoms with Gasteiger partial charge in [-0.1, -0.05) is 6.07 Å². The minimum absolute atomic E-state index is 0. The average Bonchev–Trinajstić information content (AvgIpc) is 2.85. The summed E-state index contributed by atoms with van der Waals surface area (Å²) in [5, 5.41) is 2.93. The van der Waals surface area contributed by atoms with E-state index in [2.05, 4.69) is 10.3 Å². The lowest BCUT2D eigenvalue weighted by Gasteiger charge is -2.46. The molecule has 6 rings (SSSR count). The standard InChI is InChI=1S/C18H23F2NO2.C8H5FN2O2.2H2/c1-12(15-3-2-14(19)10-16(15)20)21-17(22)6-9-18-7-4-13(5-8-18)11-23-18;9-4-1-2-6-5(3-4)7(12)11-8(13)10-6;;/h2-3,10,12-13H,4-9,11H2,1H3,(H,21,22);1-3H,(H2,10,11,12,13);2*1H/t12-,13?,18?;;;/m0.../s1. The Kier molecular flexibility index (Phi) is 7.63. The highest BCUT2D eigenvalue weighted by Crippen LogP contribution is 2.43. The fourth-order valence-corrected chi connectivity index (χ4v) is 4.85. The van der Waals surface area contributed by atoms with Gasteiger partial charge in [0.2, 0.25) is 5.91 Å². The van der Waals surface area contributed by atoms with Gasteiger partial charge in [0.05, 0.1) is 29.2 Å². The Morgan fingerprint density at radius 2 is 1.81 bits per heavy atom. The zero-order valence-corrected chi connectivity index (χ0v) is 19.8. The fourth-order valence-electron chi connectivity index (χ4n) is 4.85. The van der Waals surface area contributed by atoms with Gasteiger partial charge in [-0.05, 0) is 69.2 Å². The number of hydrogen-bond acceptors (Lipinski definition) is 4. The van der Waals surface area contributed by atoms with Crippen LogP contribution in [0.2, 0.25) is 0 Å². The summed E-state index contributed by atoms with van der Waals surface area (Å²) in [7, 11) is 0. The van der Waals surface area contributed by atoms with Gasteiger partial charge in [0.1, 0.15) is 17.5 Å². The minimum atomic E-state index is -0.634. The average molecular weight is 508 g/mol. The van der Waals surface area contributed by atoms with Gasteiger partial charge in [0.15, 0.2) is 0 Å². The SMILES string of the molecule is C[C@H](NC(=O)CCC12CCC(CC1)CO2)c1ccc(F)cc1F.O=c1[nH]c(=O)c2cc(F)ccc2[nH]1.[HH].[HH]. The first kappa shape index (κ1) is 25.7. The zero-order valence-electron chi connectivity index (χ0n) is 19.8. The fraction of sp³-hybridized carbons (Fsp3) is 0.423. The third kappa shape index (κ3) is 6.04. The lowest BCUT2D eigenvalue weighted by molar-refractivity contribution is -0.151. The van der Waals surface area contributed by atoms with E-state index in [-0.39, 0.29) is 19.7 Å². The van der Waals surface area contributed by atoms with E-state index in [1.807, 2.05) is 4.98 Å². The second-order valence-corrected chi connectivity index (χ2v) is 9.49. The predicted octanol–water partition coefficient (Wildman–Crippen LogP) is 4.73. The van der Waals surface area contributed by atoms with Crippen LogP contribution in [0, 0.1) is 23.4 Å². The van der Waals surface area contributed by atoms with E-state index in [1.165, 1.54) is 37.1 Å². The van der Waals surface area contributed by atoms with Crippen molar-refractivity contribution in [3.8, 4) is 0 Å². The van der Waals surface area contributed by atoms with Crippen LogP contribution in [0.25, 0.3) is 10.9 Å². The quantitative estimate of drug-likeness (QED) is 0.465. The summed E-state index contributed by atoms with van der Waals surface area (Å²) in [6.45, 7) is 2.52. The molecule has 2 aliphatic heterocycles. The first-order valence-corrected chi connectivity index (χ1v) is 11.9. The van der Waals surface area contributed by atoms with Crippen molar-refractivity contribution in [1.82, 2.24) is 15.3 Å². The van der Waals surface area contributed by atoms with E-state index in [9.17, 15) is 27.6 Å². The van der Waals surface area contributed by atoms with Crippen LogP contribution >= 0.6 is 0 Å². The van der Waals surface area contributed by atoms with Crippen molar-refractivity contribution in [2.24, 2.45) is 5.92 Å². The van der Waals surface area contributed by atoms with Gasteiger partial charge in [0, 0.05) is 20.9 Å². The number of H-pyrrole nitrogens is 2. The van der Waals surface area contributed by atoms with E-state index in [0.717, 1.165) is 31.6 Å². The second-order valence-electron chi connectivity index (χ2n) is 9.49. The molecule has 3 N–H and O–H groups in total. The Balaban J connectivity index is 0.000000289. The van der Waals surface area contributed by atoms with Crippen molar-refractivity contribution in [1.29, 1.82) is 0 Å². The molecule has 3 heterocycles. The Morgan fingerprint density at radius 3 is 2.47 bits per heavy atom. The van der Waals surface area contributed by atoms with Crippen LogP contribution in [0.5, 0.6) is 0 Å². The molecule has 10 heteroatoms. The molecule has 1 saturated carbocycles. The van der Waals surface area contributed by atoms with E-state index < -0.39 is 34.7 Å². The molecule has 196 valence electrons. The molecule has 2 bridgehead atoms. The van der Waals surface area contributed by atoms with Crippen LogP contribution in [0.15, 0.2) is 46.0 Å². The van der Waals surface area contributed by atoms with Crippen LogP contribution < -0.4 is 16.6 Å². The third-order valence-corrected chi connectivity index (χ3v) is 6.96. The first-order valence-electron chi connectivity index (χ1n) is 11.9. The highest BCUT2D eigenvalue weighted by atomic mass is 19.1. The summed E-state index contributed by atoms with van der Waals surface area (Å²) in [4.78, 5) is 38.4. The van der Waals surface area contributed by atoms with E-state index in [1.54, 1.807) is 6.92 Å². The molecule has 7 nitrogen and oxygen atoms in total. The topological polar surface area (TPSA) is 104 Å². The smallest absolute Gasteiger partial charge is 0.326 e. The van der Waals surface area contributed by atoms with E-state index in [0.29, 0.717) is 29.8 Å². The molecule has 1 aromatic heterocycles. The molecule has 0 spiro atoms. The highest BCUT2D eigenvalue weighted by Gasteiger charge is 2.41. The predicted molar refractivity (Wildman–Crippen MR) is 132 cm³/mol. The lowest BCUT2D eigenvalue weighted by Crippen LogP contribution is -2.45. The summed E-state index contributed by atoms with van der Waals surface area (Å²) in [5.74, 6) is -1.18. The van der Waals surface area contributed by atoms with Crippen molar-refractivity contribution in [3.63, 3.8) is 0 Å². The number of nitrogens with one attached hydrogen (secondary N) is 3. The van der Waals surface area contributed by atoms with Gasteiger partial charge >= 0.3 is 5.69 Å². The number of carbonyl (C=O) groups excluding carboxylic acids is 1. The minimum Gasteiger partial charge on any atom is -0.375 e. The molecule has 1 aliphatic carbocycles. The van der Waals surface area contributed by atoms with E-state index >= 15 is 0 Å². The largest absolute Gasteiger partial charge is 0.375 e. The third-order valence-electron chi connectivity index (χ3n) is 6.96. The molecule has 0 unspecified atom stereocenters. The van der Waals surface area contributed by atoms with Crippen LogP contribution in [0.3, 0.4) is 0 Å². The van der Waals surface area contributed by atoms with E-state index in [4.69, 9.17) is 4.74 Å². The number of ether oxygens (including phenoxy) is 1. The summed E-state index contributed by atoms with van der Waals surface area (Å²) in [6, 6.07) is 6.53. The molecular formula is C26H32F3N3O4. The monoisotopic (exact) mass is 507 g/mol. The Hall–Kier alpha value is -3.40. The molecule has 2 aromatic carbocycles. The highest BCUT2D eigenvalue weighted by molar-refractivity contribution is 5.77. The van der Waals surface area contributed by atoms with Gasteiger partial charge < -0.3 is 15.0 Å². The number of amides is 1. The Bertz CT molecular complexity index is 1360. The van der Waals surface area contributed by atoms with Crippen molar-refractivity contribution < 1.29 is 25.6 Å². The zero-order chi connectivity index (χ0) is 25.9. The van der Waals surface area contributed by atoms with Gasteiger partial charge in [-0.25, -0.2) is 18.0 Å². The van der Waals surface area contributed by atoms with Crippen molar-refractivity contribution in [2.75, 3.05) is 6.61 Å². The summed E-state index contributed by atoms with van der Waals surface area (Å²) < 4.78 is 45.3. The van der Waals surface area contributed by atoms with Crippen LogP contribution in [-0.2, 0) is 9.53 Å². The maximum absolute atomic E-state index is 13.7. The number of hydrogen-bond donors (Lipinski definition) is 3. The van der Waals surface area contributed by atoms with Crippen molar-refractivity contribution in [3.05, 3.63) is 80.3 Å². The van der Waals surface area contributed by atoms with Gasteiger partial charge in [-0.15, -0.1) is 0 Å². The van der Waals surface area contributed by atoms with Crippen LogP contribution in [-0.4, -0.2) is 28.1 Å². The lowest BCUT2D eigenvalue weighted by atomic mass is 9.74. The molecule has 3 aromatic rings. The number of halogens is 3. The second kappa shape index (κ2) is 10.7. The van der Waals surface area contributed by atoms with Crippen LogP contribution in [0.4, 0.5) is 13.2 Å².